The molecule has 0 saturated carbocycles. The maximum atomic E-state index is 10.1. The number of azide groups is 1. The van der Waals surface area contributed by atoms with Gasteiger partial charge in [0.2, 0.25) is 5.91 Å². The van der Waals surface area contributed by atoms with Gasteiger partial charge in [0.15, 0.2) is 0 Å². The Morgan fingerprint density at radius 2 is 2.36 bits per heavy atom. The van der Waals surface area contributed by atoms with Crippen molar-refractivity contribution in [1.29, 1.82) is 0 Å². The molecule has 0 bridgehead atoms. The minimum Gasteiger partial charge on any atom is -0.381 e. The summed E-state index contributed by atoms with van der Waals surface area (Å²) in [6, 6.07) is 0. The second-order valence-corrected chi connectivity index (χ2v) is 1.78. The summed E-state index contributed by atoms with van der Waals surface area (Å²) in [6.07, 6.45) is 0.205. The summed E-state index contributed by atoms with van der Waals surface area (Å²) < 4.78 is 4.88. The van der Waals surface area contributed by atoms with Crippen LogP contribution in [0.1, 0.15) is 6.42 Å². The number of carbonyl (C=O) groups excluding carboxylic acids is 1. The predicted molar refractivity (Wildman–Crippen MR) is 38.6 cm³/mol. The second-order valence-electron chi connectivity index (χ2n) is 1.78. The number of nitrogens with two attached hydrogens (primary N) is 1. The number of ether oxygens (including phenoxy) is 1. The predicted octanol–water partition coefficient (Wildman–Crippen LogP) is 0.189. The molecule has 0 heterocycles. The second kappa shape index (κ2) is 6.85. The van der Waals surface area contributed by atoms with Crippen molar-refractivity contribution in [2.75, 3.05) is 19.8 Å². The van der Waals surface area contributed by atoms with Gasteiger partial charge in [0.25, 0.3) is 0 Å². The van der Waals surface area contributed by atoms with Gasteiger partial charge in [-0.25, -0.2) is 0 Å². The molecule has 0 radical (unpaired) electrons. The first kappa shape index (κ1) is 9.74. The Morgan fingerprint density at radius 3 is 2.91 bits per heavy atom. The quantitative estimate of drug-likeness (QED) is 0.258. The molecular formula is C5H10N4O2. The maximum absolute atomic E-state index is 10.1. The first-order chi connectivity index (χ1) is 5.27. The lowest BCUT2D eigenvalue weighted by Crippen LogP contribution is -2.14. The van der Waals surface area contributed by atoms with Crippen LogP contribution in [0.2, 0.25) is 0 Å². The lowest BCUT2D eigenvalue weighted by molar-refractivity contribution is -0.119. The molecule has 0 aliphatic rings. The van der Waals surface area contributed by atoms with Gasteiger partial charge in [-0.3, -0.25) is 4.79 Å². The van der Waals surface area contributed by atoms with E-state index in [1.54, 1.807) is 0 Å². The molecule has 0 saturated heterocycles. The number of primary amides is 1. The van der Waals surface area contributed by atoms with Crippen molar-refractivity contribution in [1.82, 2.24) is 0 Å². The average Bonchev–Trinajstić information content (AvgIpc) is 1.96. The molecular weight excluding hydrogens is 148 g/mol. The lowest BCUT2D eigenvalue weighted by atomic mass is 10.4. The van der Waals surface area contributed by atoms with Gasteiger partial charge in [-0.1, -0.05) is 5.11 Å². The number of rotatable bonds is 6. The van der Waals surface area contributed by atoms with Crippen molar-refractivity contribution in [3.8, 4) is 0 Å². The van der Waals surface area contributed by atoms with Crippen LogP contribution in [0.25, 0.3) is 10.4 Å². The molecule has 0 aliphatic heterocycles. The standard InChI is InChI=1S/C5H10N4O2/c6-5(10)1-3-11-4-2-8-9-7/h1-4H2,(H2,6,10). The van der Waals surface area contributed by atoms with Crippen LogP contribution in [0.5, 0.6) is 0 Å². The summed E-state index contributed by atoms with van der Waals surface area (Å²) in [4.78, 5) is 12.7. The molecule has 0 rings (SSSR count). The Balaban J connectivity index is 3.02. The zero-order chi connectivity index (χ0) is 8.53. The molecule has 0 aromatic carbocycles. The maximum Gasteiger partial charge on any atom is 0.219 e. The van der Waals surface area contributed by atoms with E-state index in [0.29, 0.717) is 6.61 Å². The van der Waals surface area contributed by atoms with Crippen LogP contribution in [0, 0.1) is 0 Å². The fraction of sp³-hybridized carbons (Fsp3) is 0.800. The highest BCUT2D eigenvalue weighted by Gasteiger charge is 1.92. The Kier molecular flexibility index (Phi) is 6.07. The van der Waals surface area contributed by atoms with E-state index < -0.39 is 5.91 Å². The van der Waals surface area contributed by atoms with Crippen LogP contribution < -0.4 is 5.73 Å². The Morgan fingerprint density at radius 1 is 1.64 bits per heavy atom. The Bertz CT molecular complexity index is 160. The van der Waals surface area contributed by atoms with Crippen molar-refractivity contribution in [3.05, 3.63) is 10.4 Å². The molecule has 1 amide bonds. The summed E-state index contributed by atoms with van der Waals surface area (Å²) in [5, 5.41) is 3.23. The van der Waals surface area contributed by atoms with Crippen LogP contribution in [-0.4, -0.2) is 25.7 Å². The summed E-state index contributed by atoms with van der Waals surface area (Å²) in [7, 11) is 0. The lowest BCUT2D eigenvalue weighted by Gasteiger charge is -1.97. The molecule has 0 spiro atoms. The Labute approximate surface area is 63.9 Å². The average molecular weight is 158 g/mol. The Hall–Kier alpha value is -1.26. The van der Waals surface area contributed by atoms with E-state index in [2.05, 4.69) is 10.0 Å². The molecule has 6 heteroatoms. The van der Waals surface area contributed by atoms with Crippen molar-refractivity contribution >= 4 is 5.91 Å². The highest BCUT2D eigenvalue weighted by atomic mass is 16.5. The van der Waals surface area contributed by atoms with E-state index in [9.17, 15) is 4.79 Å². The molecule has 0 fully saturated rings. The van der Waals surface area contributed by atoms with E-state index in [0.717, 1.165) is 0 Å². The molecule has 0 aliphatic carbocycles. The molecule has 62 valence electrons. The van der Waals surface area contributed by atoms with Crippen LogP contribution in [0.15, 0.2) is 5.11 Å². The zero-order valence-corrected chi connectivity index (χ0v) is 6.06. The summed E-state index contributed by atoms with van der Waals surface area (Å²) in [5.41, 5.74) is 12.7. The van der Waals surface area contributed by atoms with Gasteiger partial charge in [0, 0.05) is 17.9 Å². The van der Waals surface area contributed by atoms with E-state index in [-0.39, 0.29) is 19.6 Å². The van der Waals surface area contributed by atoms with Gasteiger partial charge in [0.05, 0.1) is 13.2 Å². The summed E-state index contributed by atoms with van der Waals surface area (Å²) in [6.45, 7) is 0.906. The monoisotopic (exact) mass is 158 g/mol. The van der Waals surface area contributed by atoms with Gasteiger partial charge in [-0.05, 0) is 5.53 Å². The van der Waals surface area contributed by atoms with Gasteiger partial charge in [-0.15, -0.1) is 0 Å². The zero-order valence-electron chi connectivity index (χ0n) is 6.06. The van der Waals surface area contributed by atoms with Crippen molar-refractivity contribution < 1.29 is 9.53 Å². The first-order valence-electron chi connectivity index (χ1n) is 3.14. The molecule has 0 aromatic heterocycles. The van der Waals surface area contributed by atoms with Gasteiger partial charge >= 0.3 is 0 Å². The molecule has 6 nitrogen and oxygen atoms in total. The molecule has 0 aromatic rings. The van der Waals surface area contributed by atoms with E-state index in [1.165, 1.54) is 0 Å². The van der Waals surface area contributed by atoms with Crippen LogP contribution in [0.4, 0.5) is 0 Å². The SMILES string of the molecule is [N-]=[N+]=NCCOCCC(N)=O. The van der Waals surface area contributed by atoms with E-state index in [1.807, 2.05) is 0 Å². The normalized spacial score (nSPS) is 8.73. The minimum absolute atomic E-state index is 0.205. The van der Waals surface area contributed by atoms with Gasteiger partial charge in [0.1, 0.15) is 0 Å². The van der Waals surface area contributed by atoms with E-state index in [4.69, 9.17) is 16.0 Å². The smallest absolute Gasteiger partial charge is 0.219 e. The van der Waals surface area contributed by atoms with Crippen LogP contribution in [-0.2, 0) is 9.53 Å². The number of hydrogen-bond acceptors (Lipinski definition) is 3. The third-order valence-corrected chi connectivity index (χ3v) is 0.892. The molecule has 11 heavy (non-hydrogen) atoms. The number of hydrogen-bond donors (Lipinski definition) is 1. The fourth-order valence-corrected chi connectivity index (χ4v) is 0.425. The van der Waals surface area contributed by atoms with Crippen LogP contribution in [0.3, 0.4) is 0 Å². The van der Waals surface area contributed by atoms with Crippen molar-refractivity contribution in [2.24, 2.45) is 10.8 Å². The summed E-state index contributed by atoms with van der Waals surface area (Å²) >= 11 is 0. The number of nitrogens with zero attached hydrogens (tertiary/aromatic N) is 3. The first-order valence-corrected chi connectivity index (χ1v) is 3.14. The molecule has 0 atom stereocenters. The topological polar surface area (TPSA) is 101 Å². The highest BCUT2D eigenvalue weighted by molar-refractivity contribution is 5.73. The molecule has 2 N–H and O–H groups in total. The van der Waals surface area contributed by atoms with Crippen molar-refractivity contribution in [2.45, 2.75) is 6.42 Å². The highest BCUT2D eigenvalue weighted by Crippen LogP contribution is 1.81. The number of amides is 1. The van der Waals surface area contributed by atoms with Crippen molar-refractivity contribution in [3.63, 3.8) is 0 Å². The van der Waals surface area contributed by atoms with Crippen LogP contribution >= 0.6 is 0 Å². The third kappa shape index (κ3) is 8.74. The molecule has 0 unspecified atom stereocenters. The van der Waals surface area contributed by atoms with Gasteiger partial charge < -0.3 is 10.5 Å². The van der Waals surface area contributed by atoms with E-state index >= 15 is 0 Å². The largest absolute Gasteiger partial charge is 0.381 e. The number of carbonyl (C=O) groups is 1. The van der Waals surface area contributed by atoms with Gasteiger partial charge in [-0.2, -0.15) is 0 Å². The summed E-state index contributed by atoms with van der Waals surface area (Å²) in [5.74, 6) is -0.395. The fourth-order valence-electron chi connectivity index (χ4n) is 0.425. The minimum atomic E-state index is -0.395. The third-order valence-electron chi connectivity index (χ3n) is 0.892.